The molecule has 4 aliphatic carbocycles. The lowest BCUT2D eigenvalue weighted by Gasteiger charge is -2.52. The summed E-state index contributed by atoms with van der Waals surface area (Å²) in [5.74, 6) is 3.12. The van der Waals surface area contributed by atoms with Gasteiger partial charge in [0.1, 0.15) is 40.0 Å². The molecule has 2 heterocycles. The van der Waals surface area contributed by atoms with E-state index in [1.165, 1.54) is 0 Å². The number of carbonyl (C=O) groups is 3. The number of phenols is 1. The number of Topliss-reactive ketones (excluding diaryl/α,β-unsaturated/α-hetero) is 2. The second-order valence-electron chi connectivity index (χ2n) is 17.0. The smallest absolute Gasteiger partial charge is 0.157 e. The first-order valence-corrected chi connectivity index (χ1v) is 17.0. The molecule has 0 amide bonds. The first-order chi connectivity index (χ1) is 20.2. The van der Waals surface area contributed by atoms with E-state index in [-0.39, 0.29) is 45.8 Å². The van der Waals surface area contributed by atoms with E-state index in [9.17, 15) is 19.5 Å². The average Bonchev–Trinajstić information content (AvgIpc) is 2.99. The van der Waals surface area contributed by atoms with Gasteiger partial charge in [-0.15, -0.1) is 0 Å². The molecule has 0 bridgehead atoms. The van der Waals surface area contributed by atoms with E-state index in [4.69, 9.17) is 9.47 Å². The Kier molecular flexibility index (Phi) is 6.53. The Morgan fingerprint density at radius 2 is 1.16 bits per heavy atom. The zero-order chi connectivity index (χ0) is 30.7. The van der Waals surface area contributed by atoms with Crippen LogP contribution < -0.4 is 9.47 Å². The fourth-order valence-electron chi connectivity index (χ4n) is 10.7. The van der Waals surface area contributed by atoms with Crippen molar-refractivity contribution in [1.29, 1.82) is 0 Å². The molecular formula is C37H50O6. The molecule has 7 rings (SSSR count). The molecular weight excluding hydrogens is 540 g/mol. The molecule has 0 spiro atoms. The van der Waals surface area contributed by atoms with Crippen LogP contribution in [0.15, 0.2) is 0 Å². The first kappa shape index (κ1) is 29.3. The minimum atomic E-state index is -0.531. The maximum absolute atomic E-state index is 13.3. The van der Waals surface area contributed by atoms with Crippen molar-refractivity contribution in [3.05, 3.63) is 16.7 Å². The number of fused-ring (bicyclic) bond motifs is 7. The first-order valence-electron chi connectivity index (χ1n) is 17.0. The lowest BCUT2D eigenvalue weighted by Crippen LogP contribution is -2.50. The van der Waals surface area contributed by atoms with Gasteiger partial charge in [0, 0.05) is 47.6 Å². The number of hydrogen-bond donors (Lipinski definition) is 1. The van der Waals surface area contributed by atoms with Crippen LogP contribution in [0.5, 0.6) is 17.2 Å². The van der Waals surface area contributed by atoms with Crippen molar-refractivity contribution < 1.29 is 29.0 Å². The van der Waals surface area contributed by atoms with Gasteiger partial charge in [-0.3, -0.25) is 14.4 Å². The average molecular weight is 591 g/mol. The predicted molar refractivity (Wildman–Crippen MR) is 164 cm³/mol. The summed E-state index contributed by atoms with van der Waals surface area (Å²) >= 11 is 0. The fraction of sp³-hybridized carbons (Fsp3) is 0.757. The zero-order valence-corrected chi connectivity index (χ0v) is 27.0. The standard InChI is InChI=1S/C37H50O6/c1-34(2)17-24-27(34)11-13-36(5)20(7-9-29(24)39)15-22-31(41)26(19-38)33-23(32(22)42-36)16-21-8-10-30(40)25-18-35(3,4)28(25)12-14-37(21,6)43-33/h19-21,24-25,27-28,41H,7-18H2,1-6H3/t20-,21-,24-,25-,27+,28+,36+,37+/m0/s1. The van der Waals surface area contributed by atoms with Gasteiger partial charge in [0.15, 0.2) is 6.29 Å². The van der Waals surface area contributed by atoms with E-state index in [0.717, 1.165) is 63.2 Å². The van der Waals surface area contributed by atoms with Crippen LogP contribution in [0.25, 0.3) is 0 Å². The molecule has 1 aromatic carbocycles. The number of aromatic hydroxyl groups is 1. The van der Waals surface area contributed by atoms with E-state index >= 15 is 0 Å². The van der Waals surface area contributed by atoms with Crippen LogP contribution in [0, 0.1) is 46.3 Å². The molecule has 2 aliphatic heterocycles. The van der Waals surface area contributed by atoms with Crippen LogP contribution in [0.3, 0.4) is 0 Å². The van der Waals surface area contributed by atoms with Crippen LogP contribution in [0.4, 0.5) is 0 Å². The highest BCUT2D eigenvalue weighted by Crippen LogP contribution is 2.60. The highest BCUT2D eigenvalue weighted by Gasteiger charge is 2.56. The molecule has 6 aliphatic rings. The quantitative estimate of drug-likeness (QED) is 0.342. The Hall–Kier alpha value is -2.37. The Morgan fingerprint density at radius 3 is 1.63 bits per heavy atom. The number of carbonyl (C=O) groups excluding carboxylic acids is 3. The fourth-order valence-corrected chi connectivity index (χ4v) is 10.7. The van der Waals surface area contributed by atoms with Crippen LogP contribution >= 0.6 is 0 Å². The maximum atomic E-state index is 13.3. The molecule has 43 heavy (non-hydrogen) atoms. The monoisotopic (exact) mass is 590 g/mol. The number of hydrogen-bond acceptors (Lipinski definition) is 6. The topological polar surface area (TPSA) is 89.9 Å². The normalized spacial score (nSPS) is 40.9. The van der Waals surface area contributed by atoms with E-state index in [1.54, 1.807) is 0 Å². The minimum Gasteiger partial charge on any atom is -0.507 e. The predicted octanol–water partition coefficient (Wildman–Crippen LogP) is 7.44. The van der Waals surface area contributed by atoms with E-state index in [2.05, 4.69) is 41.5 Å². The number of rotatable bonds is 1. The summed E-state index contributed by atoms with van der Waals surface area (Å²) in [7, 11) is 0. The van der Waals surface area contributed by atoms with Crippen molar-refractivity contribution in [1.82, 2.24) is 0 Å². The lowest BCUT2D eigenvalue weighted by molar-refractivity contribution is -0.137. The molecule has 4 fully saturated rings. The molecule has 0 aromatic heterocycles. The van der Waals surface area contributed by atoms with Gasteiger partial charge in [-0.05, 0) is 101 Å². The Morgan fingerprint density at radius 1 is 0.698 bits per heavy atom. The summed E-state index contributed by atoms with van der Waals surface area (Å²) in [6, 6.07) is 0. The second-order valence-corrected chi connectivity index (χ2v) is 17.0. The largest absolute Gasteiger partial charge is 0.507 e. The van der Waals surface area contributed by atoms with Gasteiger partial charge in [-0.2, -0.15) is 0 Å². The van der Waals surface area contributed by atoms with E-state index in [0.29, 0.717) is 66.1 Å². The number of ether oxygens (including phenoxy) is 2. The van der Waals surface area contributed by atoms with Crippen molar-refractivity contribution in [2.45, 2.75) is 130 Å². The molecule has 6 nitrogen and oxygen atoms in total. The van der Waals surface area contributed by atoms with Gasteiger partial charge < -0.3 is 14.6 Å². The maximum Gasteiger partial charge on any atom is 0.157 e. The summed E-state index contributed by atoms with van der Waals surface area (Å²) in [6.45, 7) is 13.5. The van der Waals surface area contributed by atoms with Crippen LogP contribution in [0.1, 0.15) is 127 Å². The third kappa shape index (κ3) is 4.35. The van der Waals surface area contributed by atoms with Crippen molar-refractivity contribution in [2.24, 2.45) is 46.3 Å². The zero-order valence-electron chi connectivity index (χ0n) is 27.0. The summed E-state index contributed by atoms with van der Waals surface area (Å²) in [4.78, 5) is 39.1. The van der Waals surface area contributed by atoms with Crippen LogP contribution in [0.2, 0.25) is 0 Å². The Balaban J connectivity index is 1.26. The Labute approximate surface area is 256 Å². The molecule has 1 N–H and O–H groups in total. The molecule has 6 heteroatoms. The highest BCUT2D eigenvalue weighted by atomic mass is 16.5. The van der Waals surface area contributed by atoms with E-state index in [1.807, 2.05) is 0 Å². The summed E-state index contributed by atoms with van der Waals surface area (Å²) < 4.78 is 13.9. The Bertz CT molecular complexity index is 1390. The summed E-state index contributed by atoms with van der Waals surface area (Å²) in [5.41, 5.74) is 1.10. The summed E-state index contributed by atoms with van der Waals surface area (Å²) in [6.07, 6.45) is 10.0. The van der Waals surface area contributed by atoms with Crippen LogP contribution in [-0.2, 0) is 22.4 Å². The molecule has 1 aromatic rings. The van der Waals surface area contributed by atoms with Gasteiger partial charge in [0.25, 0.3) is 0 Å². The van der Waals surface area contributed by atoms with Crippen molar-refractivity contribution in [2.75, 3.05) is 0 Å². The number of ketones is 2. The third-order valence-electron chi connectivity index (χ3n) is 13.7. The number of aldehydes is 1. The third-order valence-corrected chi connectivity index (χ3v) is 13.7. The minimum absolute atomic E-state index is 0.0290. The molecule has 234 valence electrons. The van der Waals surface area contributed by atoms with Crippen molar-refractivity contribution in [3.8, 4) is 17.2 Å². The van der Waals surface area contributed by atoms with Gasteiger partial charge in [-0.25, -0.2) is 0 Å². The highest BCUT2D eigenvalue weighted by molar-refractivity contribution is 5.88. The second kappa shape index (κ2) is 9.57. The molecule has 0 unspecified atom stereocenters. The molecule has 8 atom stereocenters. The van der Waals surface area contributed by atoms with Crippen molar-refractivity contribution >= 4 is 17.9 Å². The molecule has 0 saturated heterocycles. The van der Waals surface area contributed by atoms with Gasteiger partial charge in [-0.1, -0.05) is 27.7 Å². The lowest BCUT2D eigenvalue weighted by atomic mass is 9.53. The summed E-state index contributed by atoms with van der Waals surface area (Å²) in [5, 5.41) is 11.6. The molecule has 4 saturated carbocycles. The van der Waals surface area contributed by atoms with Gasteiger partial charge in [0.05, 0.1) is 5.56 Å². The molecule has 0 radical (unpaired) electrons. The van der Waals surface area contributed by atoms with Gasteiger partial charge in [0.2, 0.25) is 0 Å². The van der Waals surface area contributed by atoms with Crippen LogP contribution in [-0.4, -0.2) is 34.2 Å². The van der Waals surface area contributed by atoms with Crippen molar-refractivity contribution in [3.63, 3.8) is 0 Å². The van der Waals surface area contributed by atoms with E-state index < -0.39 is 11.2 Å². The SMILES string of the molecule is CC1(C)C[C@@H]2C(=O)CC[C@H]3Cc4c(c(C=O)c(O)c5c4O[C@]4(C)CC[C@@H]6[C@H](CC6(C)C)C(=O)CC[C@H]4C5)O[C@]3(C)CC[C@H]21. The number of phenolic OH excluding ortho intramolecular Hbond substituents is 1. The number of benzene rings is 1. The van der Waals surface area contributed by atoms with Gasteiger partial charge >= 0.3 is 0 Å².